The third-order valence-electron chi connectivity index (χ3n) is 3.15. The second-order valence-corrected chi connectivity index (χ2v) is 7.26. The van der Waals surface area contributed by atoms with Gasteiger partial charge in [-0.2, -0.15) is 9.61 Å². The zero-order chi connectivity index (χ0) is 16.4. The second-order valence-electron chi connectivity index (χ2n) is 5.28. The fraction of sp³-hybridized carbons (Fsp3) is 0.267. The van der Waals surface area contributed by atoms with Crippen molar-refractivity contribution in [3.05, 3.63) is 40.4 Å². The summed E-state index contributed by atoms with van der Waals surface area (Å²) in [7, 11) is 4.11. The molecule has 3 rings (SSSR count). The summed E-state index contributed by atoms with van der Waals surface area (Å²) in [6, 6.07) is 9.16. The average molecular weight is 368 g/mol. The molecule has 0 radical (unpaired) electrons. The summed E-state index contributed by atoms with van der Waals surface area (Å²) in [6.45, 7) is 0.989. The molecule has 8 heteroatoms. The van der Waals surface area contributed by atoms with Crippen LogP contribution in [0.15, 0.2) is 35.4 Å². The monoisotopic (exact) mass is 367 g/mol. The Morgan fingerprint density at radius 1 is 1.09 bits per heavy atom. The molecule has 0 aliphatic rings. The fourth-order valence-electron chi connectivity index (χ4n) is 2.04. The Labute approximate surface area is 148 Å². The first kappa shape index (κ1) is 16.5. The van der Waals surface area contributed by atoms with E-state index in [1.807, 2.05) is 12.1 Å². The number of aromatic nitrogens is 4. The van der Waals surface area contributed by atoms with Gasteiger partial charge in [-0.3, -0.25) is 0 Å². The van der Waals surface area contributed by atoms with Gasteiger partial charge in [0.15, 0.2) is 11.5 Å². The highest BCUT2D eigenvalue weighted by molar-refractivity contribution is 7.99. The van der Waals surface area contributed by atoms with Gasteiger partial charge in [-0.05, 0) is 44.4 Å². The molecule has 0 saturated carbocycles. The van der Waals surface area contributed by atoms with E-state index in [9.17, 15) is 0 Å². The molecular weight excluding hydrogens is 353 g/mol. The molecule has 0 bridgehead atoms. The number of rotatable bonds is 5. The number of hydrogen-bond acceptors (Lipinski definition) is 5. The number of benzene rings is 1. The molecule has 5 nitrogen and oxygen atoms in total. The summed E-state index contributed by atoms with van der Waals surface area (Å²) in [4.78, 5) is 2.14. The van der Waals surface area contributed by atoms with Crippen LogP contribution in [-0.2, 0) is 0 Å². The zero-order valence-electron chi connectivity index (χ0n) is 12.7. The van der Waals surface area contributed by atoms with Gasteiger partial charge in [0.1, 0.15) is 5.03 Å². The van der Waals surface area contributed by atoms with Crippen LogP contribution in [-0.4, -0.2) is 51.1 Å². The van der Waals surface area contributed by atoms with E-state index in [0.717, 1.165) is 22.9 Å². The zero-order valence-corrected chi connectivity index (χ0v) is 15.0. The number of thioether (sulfide) groups is 1. The van der Waals surface area contributed by atoms with Crippen LogP contribution in [0.3, 0.4) is 0 Å². The molecule has 0 aliphatic heterocycles. The molecular formula is C15H15Cl2N5S. The molecule has 0 atom stereocenters. The SMILES string of the molecule is CN(C)CCSc1ccc2nnc(-c3cc(Cl)cc(Cl)c3)n2n1. The van der Waals surface area contributed by atoms with Crippen molar-refractivity contribution < 1.29 is 0 Å². The van der Waals surface area contributed by atoms with Crippen LogP contribution in [0.5, 0.6) is 0 Å². The molecule has 0 unspecified atom stereocenters. The van der Waals surface area contributed by atoms with Crippen molar-refractivity contribution in [2.75, 3.05) is 26.4 Å². The van der Waals surface area contributed by atoms with Gasteiger partial charge in [0.25, 0.3) is 0 Å². The maximum absolute atomic E-state index is 6.08. The van der Waals surface area contributed by atoms with Gasteiger partial charge in [-0.15, -0.1) is 22.0 Å². The summed E-state index contributed by atoms with van der Waals surface area (Å²) in [6.07, 6.45) is 0. The summed E-state index contributed by atoms with van der Waals surface area (Å²) in [5.74, 6) is 1.59. The molecule has 23 heavy (non-hydrogen) atoms. The molecule has 0 spiro atoms. The van der Waals surface area contributed by atoms with Gasteiger partial charge in [0, 0.05) is 27.9 Å². The van der Waals surface area contributed by atoms with E-state index in [1.54, 1.807) is 34.5 Å². The summed E-state index contributed by atoms with van der Waals surface area (Å²) in [5.41, 5.74) is 1.48. The van der Waals surface area contributed by atoms with Crippen molar-refractivity contribution in [2.45, 2.75) is 5.03 Å². The number of nitrogens with zero attached hydrogens (tertiary/aromatic N) is 5. The van der Waals surface area contributed by atoms with Gasteiger partial charge in [-0.25, -0.2) is 0 Å². The topological polar surface area (TPSA) is 46.3 Å². The molecule has 2 heterocycles. The first-order chi connectivity index (χ1) is 11.0. The standard InChI is InChI=1S/C15H15Cl2N5S/c1-21(2)5-6-23-14-4-3-13-18-19-15(22(13)20-14)10-7-11(16)9-12(17)8-10/h3-4,7-9H,5-6H2,1-2H3. The lowest BCUT2D eigenvalue weighted by Crippen LogP contribution is -2.14. The van der Waals surface area contributed by atoms with Gasteiger partial charge >= 0.3 is 0 Å². The van der Waals surface area contributed by atoms with E-state index < -0.39 is 0 Å². The first-order valence-corrected chi connectivity index (χ1v) is 8.73. The number of halogens is 2. The lowest BCUT2D eigenvalue weighted by atomic mass is 10.2. The predicted octanol–water partition coefficient (Wildman–Crippen LogP) is 3.75. The molecule has 0 N–H and O–H groups in total. The second kappa shape index (κ2) is 7.05. The van der Waals surface area contributed by atoms with Gasteiger partial charge in [-0.1, -0.05) is 23.2 Å². The number of fused-ring (bicyclic) bond motifs is 1. The molecule has 1 aromatic carbocycles. The highest BCUT2D eigenvalue weighted by Gasteiger charge is 2.11. The van der Waals surface area contributed by atoms with E-state index >= 15 is 0 Å². The van der Waals surface area contributed by atoms with Crippen LogP contribution in [0.2, 0.25) is 10.0 Å². The summed E-state index contributed by atoms with van der Waals surface area (Å²) in [5, 5.41) is 15.0. The van der Waals surface area contributed by atoms with Crippen LogP contribution in [0.1, 0.15) is 0 Å². The molecule has 3 aromatic rings. The minimum atomic E-state index is 0.556. The molecule has 0 fully saturated rings. The van der Waals surface area contributed by atoms with Crippen molar-refractivity contribution in [1.82, 2.24) is 24.7 Å². The molecule has 0 amide bonds. The maximum atomic E-state index is 6.08. The Morgan fingerprint density at radius 2 is 1.83 bits per heavy atom. The largest absolute Gasteiger partial charge is 0.309 e. The Balaban J connectivity index is 1.95. The molecule has 120 valence electrons. The normalized spacial score (nSPS) is 11.5. The third-order valence-corrected chi connectivity index (χ3v) is 4.48. The quantitative estimate of drug-likeness (QED) is 0.642. The Kier molecular flexibility index (Phi) is 5.06. The van der Waals surface area contributed by atoms with Crippen molar-refractivity contribution >= 4 is 40.6 Å². The molecule has 2 aromatic heterocycles. The highest BCUT2D eigenvalue weighted by atomic mass is 35.5. The van der Waals surface area contributed by atoms with Gasteiger partial charge < -0.3 is 4.90 Å². The van der Waals surface area contributed by atoms with Gasteiger partial charge in [0.2, 0.25) is 0 Å². The Morgan fingerprint density at radius 3 is 2.52 bits per heavy atom. The third kappa shape index (κ3) is 3.95. The fourth-order valence-corrected chi connectivity index (χ4v) is 3.54. The summed E-state index contributed by atoms with van der Waals surface area (Å²) < 4.78 is 1.72. The molecule has 0 saturated heterocycles. The van der Waals surface area contributed by atoms with Crippen LogP contribution in [0, 0.1) is 0 Å². The predicted molar refractivity (Wildman–Crippen MR) is 95.5 cm³/mol. The first-order valence-electron chi connectivity index (χ1n) is 6.99. The van der Waals surface area contributed by atoms with E-state index in [-0.39, 0.29) is 0 Å². The lowest BCUT2D eigenvalue weighted by molar-refractivity contribution is 0.437. The Bertz CT molecular complexity index is 814. The van der Waals surface area contributed by atoms with E-state index in [4.69, 9.17) is 23.2 Å². The van der Waals surface area contributed by atoms with Crippen LogP contribution >= 0.6 is 35.0 Å². The minimum Gasteiger partial charge on any atom is -0.309 e. The highest BCUT2D eigenvalue weighted by Crippen LogP contribution is 2.26. The summed E-state index contributed by atoms with van der Waals surface area (Å²) >= 11 is 13.8. The van der Waals surface area contributed by atoms with E-state index in [2.05, 4.69) is 34.3 Å². The van der Waals surface area contributed by atoms with Crippen LogP contribution in [0.25, 0.3) is 17.0 Å². The average Bonchev–Trinajstić information content (AvgIpc) is 2.89. The minimum absolute atomic E-state index is 0.556. The Hall–Kier alpha value is -1.34. The number of hydrogen-bond donors (Lipinski definition) is 0. The van der Waals surface area contributed by atoms with Crippen molar-refractivity contribution in [1.29, 1.82) is 0 Å². The van der Waals surface area contributed by atoms with Crippen molar-refractivity contribution in [3.8, 4) is 11.4 Å². The van der Waals surface area contributed by atoms with Gasteiger partial charge in [0.05, 0.1) is 0 Å². The van der Waals surface area contributed by atoms with E-state index in [0.29, 0.717) is 21.5 Å². The smallest absolute Gasteiger partial charge is 0.185 e. The van der Waals surface area contributed by atoms with E-state index in [1.165, 1.54) is 0 Å². The lowest BCUT2D eigenvalue weighted by Gasteiger charge is -2.08. The van der Waals surface area contributed by atoms with Crippen molar-refractivity contribution in [2.24, 2.45) is 0 Å². The van der Waals surface area contributed by atoms with Crippen LogP contribution < -0.4 is 0 Å². The van der Waals surface area contributed by atoms with Crippen molar-refractivity contribution in [3.63, 3.8) is 0 Å². The molecule has 0 aliphatic carbocycles. The van der Waals surface area contributed by atoms with Crippen LogP contribution in [0.4, 0.5) is 0 Å². The maximum Gasteiger partial charge on any atom is 0.185 e.